The van der Waals surface area contributed by atoms with Crippen molar-refractivity contribution >= 4 is 223 Å². The Labute approximate surface area is 763 Å². The van der Waals surface area contributed by atoms with E-state index in [0.29, 0.717) is 211 Å². The molecule has 652 valence electrons. The molecular weight excluding hydrogens is 1780 g/mol. The van der Waals surface area contributed by atoms with Gasteiger partial charge in [-0.05, 0) is 124 Å². The molecule has 32 nitrogen and oxygen atoms in total. The minimum atomic E-state index is -0.363. The predicted molar refractivity (Wildman–Crippen MR) is 499 cm³/mol. The van der Waals surface area contributed by atoms with Crippen molar-refractivity contribution < 1.29 is 38.5 Å². The fourth-order valence-corrected chi connectivity index (χ4v) is 18.6. The quantitative estimate of drug-likeness (QED) is 0.0502. The van der Waals surface area contributed by atoms with Crippen molar-refractivity contribution in [3.8, 4) is 0 Å². The second kappa shape index (κ2) is 39.8. The number of morpholine rings is 2. The van der Waals surface area contributed by atoms with Crippen molar-refractivity contribution in [1.29, 1.82) is 0 Å². The van der Waals surface area contributed by atoms with Crippen LogP contribution < -0.4 is 21.3 Å². The maximum absolute atomic E-state index is 13.5. The molecule has 15 heterocycles. The van der Waals surface area contributed by atoms with Crippen LogP contribution in [0.25, 0.3) is 84.5 Å². The molecule has 3 fully saturated rings. The number of hydrogen-bond donors (Lipinski definition) is 5. The lowest BCUT2D eigenvalue weighted by Gasteiger charge is -2.33. The van der Waals surface area contributed by atoms with Gasteiger partial charge in [0.25, 0.3) is 23.6 Å². The number of nitrogens with zero attached hydrogens (tertiary/aromatic N) is 20. The normalized spacial score (nSPS) is 15.9. The Morgan fingerprint density at radius 2 is 0.764 bits per heavy atom. The fourth-order valence-electron chi connectivity index (χ4n) is 15.0. The summed E-state index contributed by atoms with van der Waals surface area (Å²) < 4.78 is 16.1. The number of anilines is 4. The largest absolute Gasteiger partial charge is 0.393 e. The number of likely N-dealkylation sites (tertiary alicyclic amines) is 1. The van der Waals surface area contributed by atoms with E-state index in [-0.39, 0.29) is 66.0 Å². The number of thiazole rings is 4. The van der Waals surface area contributed by atoms with Crippen molar-refractivity contribution in [2.75, 3.05) is 101 Å². The van der Waals surface area contributed by atoms with Crippen LogP contribution in [0.15, 0.2) is 144 Å². The summed E-state index contributed by atoms with van der Waals surface area (Å²) in [6.07, 6.45) is 6.79. The Balaban J connectivity index is 0.000000125. The van der Waals surface area contributed by atoms with E-state index in [1.54, 1.807) is 80.1 Å². The number of benzene rings is 4. The Morgan fingerprint density at radius 3 is 1.08 bits per heavy atom. The Hall–Kier alpha value is -11.5. The van der Waals surface area contributed by atoms with E-state index in [4.69, 9.17) is 80.6 Å². The Kier molecular flexibility index (Phi) is 27.9. The van der Waals surface area contributed by atoms with E-state index in [9.17, 15) is 24.3 Å². The summed E-state index contributed by atoms with van der Waals surface area (Å²) >= 11 is 31.8. The van der Waals surface area contributed by atoms with Gasteiger partial charge in [0.1, 0.15) is 89.5 Å². The molecule has 0 spiro atoms. The van der Waals surface area contributed by atoms with E-state index in [0.717, 1.165) is 40.9 Å². The van der Waals surface area contributed by atoms with Crippen LogP contribution in [0.2, 0.25) is 20.1 Å². The number of halogens is 4. The van der Waals surface area contributed by atoms with Crippen LogP contribution in [0.5, 0.6) is 0 Å². The molecule has 0 bridgehead atoms. The molecule has 4 amide bonds. The highest BCUT2D eigenvalue weighted by molar-refractivity contribution is 7.17. The van der Waals surface area contributed by atoms with Crippen LogP contribution in [0.1, 0.15) is 143 Å². The van der Waals surface area contributed by atoms with Crippen molar-refractivity contribution in [2.45, 2.75) is 96.7 Å². The lowest BCUT2D eigenvalue weighted by Crippen LogP contribution is -2.47. The number of likely N-dealkylation sites (N-methyl/N-ethyl adjacent to an activating group) is 1. The average Bonchev–Trinajstić information content (AvgIpc) is 1.75. The molecule has 0 unspecified atom stereocenters. The van der Waals surface area contributed by atoms with Gasteiger partial charge in [-0.15, -0.1) is 45.3 Å². The third-order valence-corrected chi connectivity index (χ3v) is 26.0. The van der Waals surface area contributed by atoms with E-state index in [1.165, 1.54) is 70.7 Å². The number of ether oxygens (including phenoxy) is 3. The molecule has 5 N–H and O–H groups in total. The van der Waals surface area contributed by atoms with Gasteiger partial charge in [0.2, 0.25) is 0 Å². The number of aromatic nitrogens is 16. The number of piperidine rings is 1. The summed E-state index contributed by atoms with van der Waals surface area (Å²) in [5.41, 5.74) is 14.0. The molecule has 0 saturated carbocycles. The number of carbonyl (C=O) groups excluding carboxylic acids is 4. The maximum atomic E-state index is 13.5. The number of methoxy groups -OCH3 is 1. The minimum Gasteiger partial charge on any atom is -0.393 e. The van der Waals surface area contributed by atoms with Gasteiger partial charge in [0, 0.05) is 68.4 Å². The number of amides is 4. The second-order valence-corrected chi connectivity index (χ2v) is 35.4. The lowest BCUT2D eigenvalue weighted by atomic mass is 10.0. The first-order valence-electron chi connectivity index (χ1n) is 40.6. The monoisotopic (exact) mass is 1860 g/mol. The third-order valence-electron chi connectivity index (χ3n) is 21.8. The molecule has 12 aromatic heterocycles. The fraction of sp³-hybridized carbons (Fsp3) is 0.310. The Morgan fingerprint density at radius 1 is 0.457 bits per heavy atom. The zero-order chi connectivity index (χ0) is 88.7. The number of pyridine rings is 4. The average molecular weight is 1860 g/mol. The van der Waals surface area contributed by atoms with Crippen LogP contribution in [0.3, 0.4) is 0 Å². The van der Waals surface area contributed by atoms with Crippen LogP contribution in [-0.2, 0) is 14.2 Å². The van der Waals surface area contributed by atoms with Crippen molar-refractivity contribution in [3.63, 3.8) is 0 Å². The smallest absolute Gasteiger partial charge is 0.273 e. The highest BCUT2D eigenvalue weighted by Gasteiger charge is 2.33. The lowest BCUT2D eigenvalue weighted by molar-refractivity contribution is 0.00324. The van der Waals surface area contributed by atoms with Gasteiger partial charge in [-0.25, -0.2) is 79.7 Å². The summed E-state index contributed by atoms with van der Waals surface area (Å²) in [5.74, 6) is 1.83. The van der Waals surface area contributed by atoms with Crippen molar-refractivity contribution in [2.24, 2.45) is 0 Å². The zero-order valence-corrected chi connectivity index (χ0v) is 76.1. The molecular formula is C87H84Cl4N24O8S4. The number of carbonyl (C=O) groups is 4. The van der Waals surface area contributed by atoms with Gasteiger partial charge in [-0.1, -0.05) is 94.9 Å². The summed E-state index contributed by atoms with van der Waals surface area (Å²) in [7, 11) is 3.32. The molecule has 16 aromatic rings. The first kappa shape index (κ1) is 88.9. The molecule has 40 heteroatoms. The van der Waals surface area contributed by atoms with Crippen LogP contribution in [-0.4, -0.2) is 226 Å². The summed E-state index contributed by atoms with van der Waals surface area (Å²) in [4.78, 5) is 135. The van der Waals surface area contributed by atoms with Gasteiger partial charge in [-0.2, -0.15) is 0 Å². The maximum Gasteiger partial charge on any atom is 0.273 e. The van der Waals surface area contributed by atoms with E-state index in [2.05, 4.69) is 81.1 Å². The van der Waals surface area contributed by atoms with Gasteiger partial charge in [0.15, 0.2) is 23.3 Å². The van der Waals surface area contributed by atoms with E-state index < -0.39 is 0 Å². The Bertz CT molecular complexity index is 6570. The molecule has 3 aliphatic heterocycles. The third kappa shape index (κ3) is 19.5. The number of nitrogens with one attached hydrogen (secondary N) is 4. The highest BCUT2D eigenvalue weighted by atomic mass is 35.5. The molecule has 3 saturated heterocycles. The zero-order valence-electron chi connectivity index (χ0n) is 69.8. The first-order chi connectivity index (χ1) is 61.5. The topological polar surface area (TPSA) is 384 Å². The standard InChI is InChI=1S/3C22H21ClN6O2S.C21H21ClN6O2S/c2*1-12-9-31-7-6-29(12)22(30)18-17-14(4-3-5-15(17)23)8-16(28-18)13(2)27-20-19-21(25-10-24-20)32-11-26-19;1-12(27-20-19-21(25-10-24-20)32-11-26-19)16-9-13-3-2-4-15(23)17(13)18(28-16)22(31)29-7-5-14(30)6-8-29;1-12(26-19-18-20(24-10-23-19)31-11-25-18)15-9-13-5-4-6-14(22)16(13)17(27-15)21(29)28(2)7-8-30-3/h2*3-5,8,10-13H,6-7,9H2,1-2H3,(H,24,25,27);2-4,9-12,14,30H,5-8H2,1H3,(H,24,25,27);4-6,9-12H,7-8H2,1-3H3,(H,23,24,26)/t2*12-,13+;2*12-/m1100/s1. The van der Waals surface area contributed by atoms with Crippen LogP contribution in [0.4, 0.5) is 23.3 Å². The van der Waals surface area contributed by atoms with Gasteiger partial charge in [0.05, 0.1) is 140 Å². The predicted octanol–water partition coefficient (Wildman–Crippen LogP) is 16.9. The van der Waals surface area contributed by atoms with Gasteiger partial charge in [-0.3, -0.25) is 19.2 Å². The van der Waals surface area contributed by atoms with Crippen molar-refractivity contribution in [3.05, 3.63) is 210 Å². The number of fused-ring (bicyclic) bond motifs is 8. The van der Waals surface area contributed by atoms with E-state index in [1.807, 2.05) is 114 Å². The van der Waals surface area contributed by atoms with Crippen LogP contribution in [0, 0.1) is 0 Å². The second-order valence-electron chi connectivity index (χ2n) is 30.4. The molecule has 127 heavy (non-hydrogen) atoms. The summed E-state index contributed by atoms with van der Waals surface area (Å²) in [5, 5.41) is 31.3. The summed E-state index contributed by atoms with van der Waals surface area (Å²) in [6, 6.07) is 29.1. The SMILES string of the molecule is COCCN(C)C(=O)c1nc([C@H](C)Nc2ncnc3scnc23)cc2cccc(Cl)c12.C[C@H](Nc1ncnc2scnc12)c1cc2cccc(Cl)c2c(C(=O)N2CCC(O)CC2)n1.C[C@H](Nc1ncnc2scnc12)c1cc2cccc(Cl)c2c(C(=O)N2CCOC[C@H]2C)n1.C[C@H](Nc1ncnc2scnc12)c1cc2cccc(Cl)c2c(C(=O)N2CCOC[C@H]2C)n1. The number of hydrogen-bond acceptors (Lipinski definition) is 32. The molecule has 19 rings (SSSR count). The number of aliphatic hydroxyl groups excluding tert-OH is 1. The number of rotatable bonds is 19. The van der Waals surface area contributed by atoms with Crippen molar-refractivity contribution in [1.82, 2.24) is 99.3 Å². The van der Waals surface area contributed by atoms with Crippen LogP contribution >= 0.6 is 91.8 Å². The minimum absolute atomic E-state index is 0.0336. The molecule has 3 aliphatic rings. The molecule has 4 aromatic carbocycles. The first-order valence-corrected chi connectivity index (χ1v) is 45.7. The highest BCUT2D eigenvalue weighted by Crippen LogP contribution is 2.38. The van der Waals surface area contributed by atoms with Gasteiger partial charge >= 0.3 is 0 Å². The molecule has 0 aliphatic carbocycles. The van der Waals surface area contributed by atoms with E-state index >= 15 is 0 Å². The molecule has 0 radical (unpaired) electrons. The van der Waals surface area contributed by atoms with Gasteiger partial charge < -0.3 is 60.2 Å². The molecule has 6 atom stereocenters. The summed E-state index contributed by atoms with van der Waals surface area (Å²) in [6.45, 7) is 16.8. The number of aliphatic hydroxyl groups is 1.